The van der Waals surface area contributed by atoms with E-state index in [0.717, 1.165) is 16.2 Å². The summed E-state index contributed by atoms with van der Waals surface area (Å²) in [5.74, 6) is 1.33. The number of nitrogen functional groups attached to an aromatic ring is 1. The summed E-state index contributed by atoms with van der Waals surface area (Å²) in [6.45, 7) is 0. The SMILES string of the molecule is Nc1ccc2[nH]c(-c3cc4ccccc4s3)nc2n1. The molecule has 0 unspecified atom stereocenters. The summed E-state index contributed by atoms with van der Waals surface area (Å²) in [6, 6.07) is 14.1. The lowest BCUT2D eigenvalue weighted by molar-refractivity contribution is 1.32. The summed E-state index contributed by atoms with van der Waals surface area (Å²) in [6.07, 6.45) is 0. The standard InChI is InChI=1S/C14H10N4S/c15-12-6-5-9-13(17-12)18-14(16-9)11-7-8-3-1-2-4-10(8)19-11/h1-7H,(H3,15,16,17,18). The van der Waals surface area contributed by atoms with Gasteiger partial charge in [0.15, 0.2) is 11.5 Å². The van der Waals surface area contributed by atoms with Crippen molar-refractivity contribution in [2.45, 2.75) is 0 Å². The number of hydrogen-bond donors (Lipinski definition) is 2. The second-order valence-electron chi connectivity index (χ2n) is 4.34. The van der Waals surface area contributed by atoms with Gasteiger partial charge < -0.3 is 10.7 Å². The van der Waals surface area contributed by atoms with Gasteiger partial charge in [-0.15, -0.1) is 11.3 Å². The van der Waals surface area contributed by atoms with Crippen molar-refractivity contribution in [3.05, 3.63) is 42.5 Å². The molecule has 0 bridgehead atoms. The molecule has 3 N–H and O–H groups in total. The van der Waals surface area contributed by atoms with Gasteiger partial charge in [-0.2, -0.15) is 0 Å². The van der Waals surface area contributed by atoms with Crippen LogP contribution >= 0.6 is 11.3 Å². The number of aromatic amines is 1. The predicted octanol–water partition coefficient (Wildman–Crippen LogP) is 3.42. The van der Waals surface area contributed by atoms with E-state index in [9.17, 15) is 0 Å². The Bertz CT molecular complexity index is 858. The molecule has 0 aliphatic carbocycles. The van der Waals surface area contributed by atoms with Crippen molar-refractivity contribution < 1.29 is 0 Å². The maximum atomic E-state index is 5.67. The van der Waals surface area contributed by atoms with Crippen LogP contribution in [0.3, 0.4) is 0 Å². The fraction of sp³-hybridized carbons (Fsp3) is 0. The normalized spacial score (nSPS) is 11.4. The van der Waals surface area contributed by atoms with Gasteiger partial charge in [0.1, 0.15) is 5.82 Å². The fourth-order valence-corrected chi connectivity index (χ4v) is 3.13. The van der Waals surface area contributed by atoms with Gasteiger partial charge in [0.05, 0.1) is 10.4 Å². The van der Waals surface area contributed by atoms with E-state index in [1.807, 2.05) is 18.2 Å². The molecule has 0 aliphatic rings. The number of rotatable bonds is 1. The fourth-order valence-electron chi connectivity index (χ4n) is 2.12. The predicted molar refractivity (Wildman–Crippen MR) is 79.1 cm³/mol. The Labute approximate surface area is 112 Å². The molecule has 3 heterocycles. The van der Waals surface area contributed by atoms with E-state index < -0.39 is 0 Å². The number of H-pyrrole nitrogens is 1. The van der Waals surface area contributed by atoms with E-state index in [0.29, 0.717) is 11.5 Å². The summed E-state index contributed by atoms with van der Waals surface area (Å²) in [4.78, 5) is 13.1. The number of thiophene rings is 1. The van der Waals surface area contributed by atoms with Gasteiger partial charge in [-0.25, -0.2) is 9.97 Å². The molecular weight excluding hydrogens is 256 g/mol. The molecule has 1 aromatic carbocycles. The van der Waals surface area contributed by atoms with Gasteiger partial charge in [0.2, 0.25) is 0 Å². The van der Waals surface area contributed by atoms with Crippen LogP contribution < -0.4 is 5.73 Å². The Kier molecular flexibility index (Phi) is 2.10. The molecule has 0 amide bonds. The maximum absolute atomic E-state index is 5.67. The minimum absolute atomic E-state index is 0.488. The van der Waals surface area contributed by atoms with Crippen molar-refractivity contribution in [1.82, 2.24) is 15.0 Å². The van der Waals surface area contributed by atoms with Crippen LogP contribution in [0.4, 0.5) is 5.82 Å². The third-order valence-corrected chi connectivity index (χ3v) is 4.15. The Morgan fingerprint density at radius 3 is 2.84 bits per heavy atom. The van der Waals surface area contributed by atoms with Gasteiger partial charge in [0, 0.05) is 4.70 Å². The van der Waals surface area contributed by atoms with Gasteiger partial charge >= 0.3 is 0 Å². The number of hydrogen-bond acceptors (Lipinski definition) is 4. The molecule has 4 rings (SSSR count). The lowest BCUT2D eigenvalue weighted by Crippen LogP contribution is -1.88. The lowest BCUT2D eigenvalue weighted by atomic mass is 10.2. The first-order valence-electron chi connectivity index (χ1n) is 5.91. The maximum Gasteiger partial charge on any atom is 0.180 e. The third-order valence-electron chi connectivity index (χ3n) is 3.03. The minimum Gasteiger partial charge on any atom is -0.384 e. The first kappa shape index (κ1) is 10.5. The van der Waals surface area contributed by atoms with Crippen molar-refractivity contribution in [1.29, 1.82) is 0 Å². The van der Waals surface area contributed by atoms with Crippen LogP contribution in [0.2, 0.25) is 0 Å². The van der Waals surface area contributed by atoms with E-state index in [1.165, 1.54) is 10.1 Å². The number of anilines is 1. The molecule has 0 fully saturated rings. The van der Waals surface area contributed by atoms with Crippen molar-refractivity contribution in [3.8, 4) is 10.7 Å². The van der Waals surface area contributed by atoms with E-state index in [4.69, 9.17) is 5.73 Å². The zero-order chi connectivity index (χ0) is 12.8. The molecular formula is C14H10N4S. The van der Waals surface area contributed by atoms with Gasteiger partial charge in [0.25, 0.3) is 0 Å². The van der Waals surface area contributed by atoms with E-state index >= 15 is 0 Å². The quantitative estimate of drug-likeness (QED) is 0.554. The Morgan fingerprint density at radius 1 is 1.05 bits per heavy atom. The smallest absolute Gasteiger partial charge is 0.180 e. The van der Waals surface area contributed by atoms with Crippen LogP contribution in [0, 0.1) is 0 Å². The van der Waals surface area contributed by atoms with E-state index in [-0.39, 0.29) is 0 Å². The topological polar surface area (TPSA) is 67.6 Å². The largest absolute Gasteiger partial charge is 0.384 e. The molecule has 4 aromatic rings. The molecule has 3 aromatic heterocycles. The van der Waals surface area contributed by atoms with E-state index in [1.54, 1.807) is 17.4 Å². The van der Waals surface area contributed by atoms with Gasteiger partial charge in [-0.05, 0) is 29.7 Å². The van der Waals surface area contributed by atoms with Crippen LogP contribution in [0.15, 0.2) is 42.5 Å². The summed E-state index contributed by atoms with van der Waals surface area (Å²) >= 11 is 1.72. The second-order valence-corrected chi connectivity index (χ2v) is 5.42. The highest BCUT2D eigenvalue weighted by Crippen LogP contribution is 2.32. The summed E-state index contributed by atoms with van der Waals surface area (Å²) in [7, 11) is 0. The molecule has 0 spiro atoms. The molecule has 92 valence electrons. The molecule has 4 nitrogen and oxygen atoms in total. The Balaban J connectivity index is 1.93. The van der Waals surface area contributed by atoms with Crippen molar-refractivity contribution in [2.75, 3.05) is 5.73 Å². The first-order chi connectivity index (χ1) is 9.29. The highest BCUT2D eigenvalue weighted by molar-refractivity contribution is 7.22. The number of benzene rings is 1. The summed E-state index contributed by atoms with van der Waals surface area (Å²) < 4.78 is 1.26. The highest BCUT2D eigenvalue weighted by atomic mass is 32.1. The van der Waals surface area contributed by atoms with E-state index in [2.05, 4.69) is 33.2 Å². The molecule has 0 atom stereocenters. The molecule has 19 heavy (non-hydrogen) atoms. The van der Waals surface area contributed by atoms with Crippen LogP contribution in [-0.2, 0) is 0 Å². The van der Waals surface area contributed by atoms with Gasteiger partial charge in [-0.3, -0.25) is 0 Å². The van der Waals surface area contributed by atoms with Crippen LogP contribution in [0.5, 0.6) is 0 Å². The number of nitrogens with two attached hydrogens (primary N) is 1. The Morgan fingerprint density at radius 2 is 1.95 bits per heavy atom. The zero-order valence-corrected chi connectivity index (χ0v) is 10.7. The molecule has 0 saturated heterocycles. The zero-order valence-electron chi connectivity index (χ0n) is 9.92. The van der Waals surface area contributed by atoms with Crippen molar-refractivity contribution in [2.24, 2.45) is 0 Å². The molecule has 0 aliphatic heterocycles. The average Bonchev–Trinajstić information content (AvgIpc) is 3.00. The second kappa shape index (κ2) is 3.80. The lowest BCUT2D eigenvalue weighted by Gasteiger charge is -1.88. The number of nitrogens with zero attached hydrogens (tertiary/aromatic N) is 2. The Hall–Kier alpha value is -2.40. The number of pyridine rings is 1. The molecule has 0 radical (unpaired) electrons. The van der Waals surface area contributed by atoms with Crippen LogP contribution in [0.25, 0.3) is 32.0 Å². The minimum atomic E-state index is 0.488. The number of aromatic nitrogens is 3. The number of nitrogens with one attached hydrogen (secondary N) is 1. The third kappa shape index (κ3) is 1.67. The highest BCUT2D eigenvalue weighted by Gasteiger charge is 2.09. The molecule has 0 saturated carbocycles. The summed E-state index contributed by atoms with van der Waals surface area (Å²) in [5.41, 5.74) is 7.23. The van der Waals surface area contributed by atoms with Crippen LogP contribution in [-0.4, -0.2) is 15.0 Å². The van der Waals surface area contributed by atoms with Crippen molar-refractivity contribution >= 4 is 38.4 Å². The number of imidazole rings is 1. The molecule has 5 heteroatoms. The monoisotopic (exact) mass is 266 g/mol. The van der Waals surface area contributed by atoms with Crippen LogP contribution in [0.1, 0.15) is 0 Å². The van der Waals surface area contributed by atoms with Gasteiger partial charge in [-0.1, -0.05) is 18.2 Å². The first-order valence-corrected chi connectivity index (χ1v) is 6.72. The average molecular weight is 266 g/mol. The van der Waals surface area contributed by atoms with Crippen molar-refractivity contribution in [3.63, 3.8) is 0 Å². The number of fused-ring (bicyclic) bond motifs is 2. The summed E-state index contributed by atoms with van der Waals surface area (Å²) in [5, 5.41) is 1.23.